The molecule has 0 aliphatic carbocycles. The number of amides is 3. The van der Waals surface area contributed by atoms with Gasteiger partial charge in [0.05, 0.1) is 25.1 Å². The van der Waals surface area contributed by atoms with Crippen LogP contribution in [-0.2, 0) is 14.4 Å². The molecule has 0 spiro atoms. The van der Waals surface area contributed by atoms with Crippen molar-refractivity contribution < 1.29 is 19.1 Å². The number of carbonyl (C=O) groups excluding carboxylic acids is 3. The summed E-state index contributed by atoms with van der Waals surface area (Å²) in [4.78, 5) is 36.8. The Hall–Kier alpha value is -2.57. The minimum atomic E-state index is -0.468. The molecule has 1 aliphatic rings. The molecule has 25 heavy (non-hydrogen) atoms. The van der Waals surface area contributed by atoms with E-state index in [1.165, 1.54) is 13.8 Å². The molecule has 136 valence electrons. The Bertz CT molecular complexity index is 641. The van der Waals surface area contributed by atoms with Gasteiger partial charge in [-0.3, -0.25) is 14.4 Å². The minimum absolute atomic E-state index is 0.00673. The molecule has 3 amide bonds. The number of nitrogens with zero attached hydrogens (tertiary/aromatic N) is 1. The standard InChI is InChI=1S/C18H25N3O4/c1-4-25-17-8-6-5-7-15(17)16(19-12(2)22)9-18(24)20-14-10-21(11-14)13(3)23/h5-8,14,16H,4,9-11H2,1-3H3,(H,19,22)(H,20,24). The molecule has 1 saturated heterocycles. The Labute approximate surface area is 147 Å². The highest BCUT2D eigenvalue weighted by atomic mass is 16.5. The molecular formula is C18H25N3O4. The van der Waals surface area contributed by atoms with Crippen LogP contribution in [0.15, 0.2) is 24.3 Å². The van der Waals surface area contributed by atoms with Crippen LogP contribution in [0.3, 0.4) is 0 Å². The van der Waals surface area contributed by atoms with E-state index in [2.05, 4.69) is 10.6 Å². The second-order valence-corrected chi connectivity index (χ2v) is 6.12. The minimum Gasteiger partial charge on any atom is -0.494 e. The van der Waals surface area contributed by atoms with Crippen molar-refractivity contribution in [3.8, 4) is 5.75 Å². The van der Waals surface area contributed by atoms with Crippen LogP contribution in [-0.4, -0.2) is 48.4 Å². The first-order valence-electron chi connectivity index (χ1n) is 8.44. The third-order valence-electron chi connectivity index (χ3n) is 4.05. The number of hydrogen-bond donors (Lipinski definition) is 2. The van der Waals surface area contributed by atoms with Gasteiger partial charge in [0.15, 0.2) is 0 Å². The first kappa shape index (κ1) is 18.8. The van der Waals surface area contributed by atoms with E-state index in [9.17, 15) is 14.4 Å². The van der Waals surface area contributed by atoms with Gasteiger partial charge in [-0.15, -0.1) is 0 Å². The summed E-state index contributed by atoms with van der Waals surface area (Å²) in [6.07, 6.45) is 0.111. The monoisotopic (exact) mass is 347 g/mol. The lowest BCUT2D eigenvalue weighted by Gasteiger charge is -2.39. The van der Waals surface area contributed by atoms with Crippen molar-refractivity contribution in [3.63, 3.8) is 0 Å². The van der Waals surface area contributed by atoms with Crippen molar-refractivity contribution in [2.75, 3.05) is 19.7 Å². The Morgan fingerprint density at radius 3 is 2.52 bits per heavy atom. The molecule has 7 heteroatoms. The lowest BCUT2D eigenvalue weighted by Crippen LogP contribution is -2.60. The third-order valence-corrected chi connectivity index (χ3v) is 4.05. The van der Waals surface area contributed by atoms with Crippen LogP contribution in [0.25, 0.3) is 0 Å². The SMILES string of the molecule is CCOc1ccccc1C(CC(=O)NC1CN(C(C)=O)C1)NC(C)=O. The van der Waals surface area contributed by atoms with Crippen LogP contribution in [0.1, 0.15) is 38.8 Å². The number of nitrogens with one attached hydrogen (secondary N) is 2. The maximum atomic E-state index is 12.4. The normalized spacial score (nSPS) is 15.1. The van der Waals surface area contributed by atoms with E-state index in [1.807, 2.05) is 31.2 Å². The fraction of sp³-hybridized carbons (Fsp3) is 0.500. The molecule has 1 fully saturated rings. The molecule has 1 aromatic rings. The summed E-state index contributed by atoms with van der Waals surface area (Å²) in [7, 11) is 0. The van der Waals surface area contributed by atoms with Gasteiger partial charge in [0.1, 0.15) is 5.75 Å². The van der Waals surface area contributed by atoms with Gasteiger partial charge in [0.2, 0.25) is 17.7 Å². The zero-order valence-corrected chi connectivity index (χ0v) is 14.9. The van der Waals surface area contributed by atoms with Crippen molar-refractivity contribution in [1.82, 2.24) is 15.5 Å². The highest BCUT2D eigenvalue weighted by Crippen LogP contribution is 2.27. The predicted octanol–water partition coefficient (Wildman–Crippen LogP) is 1.000. The van der Waals surface area contributed by atoms with Gasteiger partial charge >= 0.3 is 0 Å². The topological polar surface area (TPSA) is 87.7 Å². The van der Waals surface area contributed by atoms with Gasteiger partial charge in [-0.1, -0.05) is 18.2 Å². The number of hydrogen-bond acceptors (Lipinski definition) is 4. The number of ether oxygens (including phenoxy) is 1. The first-order chi connectivity index (χ1) is 11.9. The molecule has 2 rings (SSSR count). The molecule has 2 N–H and O–H groups in total. The molecule has 0 radical (unpaired) electrons. The summed E-state index contributed by atoms with van der Waals surface area (Å²) in [5, 5.41) is 5.72. The second kappa shape index (κ2) is 8.50. The highest BCUT2D eigenvalue weighted by Gasteiger charge is 2.30. The molecule has 1 heterocycles. The van der Waals surface area contributed by atoms with Crippen molar-refractivity contribution in [2.45, 2.75) is 39.3 Å². The van der Waals surface area contributed by atoms with Crippen molar-refractivity contribution in [3.05, 3.63) is 29.8 Å². The average Bonchev–Trinajstić information content (AvgIpc) is 2.50. The molecule has 1 unspecified atom stereocenters. The third kappa shape index (κ3) is 5.20. The van der Waals surface area contributed by atoms with Crippen LogP contribution in [0.2, 0.25) is 0 Å². The number of likely N-dealkylation sites (tertiary alicyclic amines) is 1. The van der Waals surface area contributed by atoms with Gasteiger partial charge in [0, 0.05) is 32.5 Å². The highest BCUT2D eigenvalue weighted by molar-refractivity contribution is 5.80. The van der Waals surface area contributed by atoms with E-state index in [1.54, 1.807) is 4.90 Å². The largest absolute Gasteiger partial charge is 0.494 e. The van der Waals surface area contributed by atoms with Crippen molar-refractivity contribution >= 4 is 17.7 Å². The molecule has 0 bridgehead atoms. The predicted molar refractivity (Wildman–Crippen MR) is 93.0 cm³/mol. The summed E-state index contributed by atoms with van der Waals surface area (Å²) in [5.41, 5.74) is 0.772. The zero-order chi connectivity index (χ0) is 18.4. The zero-order valence-electron chi connectivity index (χ0n) is 14.9. The summed E-state index contributed by atoms with van der Waals surface area (Å²) < 4.78 is 5.61. The fourth-order valence-corrected chi connectivity index (χ4v) is 2.84. The Morgan fingerprint density at radius 2 is 1.92 bits per heavy atom. The average molecular weight is 347 g/mol. The lowest BCUT2D eigenvalue weighted by molar-refractivity contribution is -0.136. The van der Waals surface area contributed by atoms with E-state index < -0.39 is 6.04 Å². The number of para-hydroxylation sites is 1. The van der Waals surface area contributed by atoms with E-state index in [0.717, 1.165) is 5.56 Å². The van der Waals surface area contributed by atoms with E-state index in [4.69, 9.17) is 4.74 Å². The summed E-state index contributed by atoms with van der Waals surface area (Å²) in [5.74, 6) is 0.281. The Kier molecular flexibility index (Phi) is 6.38. The van der Waals surface area contributed by atoms with Crippen LogP contribution < -0.4 is 15.4 Å². The van der Waals surface area contributed by atoms with E-state index >= 15 is 0 Å². The lowest BCUT2D eigenvalue weighted by atomic mass is 10.0. The van der Waals surface area contributed by atoms with Gasteiger partial charge in [-0.2, -0.15) is 0 Å². The number of rotatable bonds is 7. The molecule has 0 aromatic heterocycles. The maximum absolute atomic E-state index is 12.4. The summed E-state index contributed by atoms with van der Waals surface area (Å²) >= 11 is 0. The maximum Gasteiger partial charge on any atom is 0.222 e. The van der Waals surface area contributed by atoms with Crippen LogP contribution in [0, 0.1) is 0 Å². The van der Waals surface area contributed by atoms with Gasteiger partial charge < -0.3 is 20.3 Å². The van der Waals surface area contributed by atoms with Crippen LogP contribution in [0.4, 0.5) is 0 Å². The van der Waals surface area contributed by atoms with Crippen LogP contribution in [0.5, 0.6) is 5.75 Å². The van der Waals surface area contributed by atoms with Gasteiger partial charge in [-0.25, -0.2) is 0 Å². The Balaban J connectivity index is 2.02. The number of carbonyl (C=O) groups is 3. The Morgan fingerprint density at radius 1 is 1.24 bits per heavy atom. The molecule has 1 aliphatic heterocycles. The molecule has 1 atom stereocenters. The number of benzene rings is 1. The molecule has 0 saturated carbocycles. The molecule has 1 aromatic carbocycles. The molecule has 7 nitrogen and oxygen atoms in total. The molecular weight excluding hydrogens is 322 g/mol. The summed E-state index contributed by atoms with van der Waals surface area (Å²) in [6.45, 7) is 6.37. The van der Waals surface area contributed by atoms with Crippen LogP contribution >= 0.6 is 0 Å². The fourth-order valence-electron chi connectivity index (χ4n) is 2.84. The first-order valence-corrected chi connectivity index (χ1v) is 8.44. The van der Waals surface area contributed by atoms with E-state index in [0.29, 0.717) is 25.4 Å². The second-order valence-electron chi connectivity index (χ2n) is 6.12. The smallest absolute Gasteiger partial charge is 0.222 e. The van der Waals surface area contributed by atoms with Crippen molar-refractivity contribution in [1.29, 1.82) is 0 Å². The van der Waals surface area contributed by atoms with Gasteiger partial charge in [0.25, 0.3) is 0 Å². The van der Waals surface area contributed by atoms with E-state index in [-0.39, 0.29) is 30.2 Å². The summed E-state index contributed by atoms with van der Waals surface area (Å²) in [6, 6.07) is 6.87. The van der Waals surface area contributed by atoms with Crippen molar-refractivity contribution in [2.24, 2.45) is 0 Å². The van der Waals surface area contributed by atoms with Gasteiger partial charge in [-0.05, 0) is 13.0 Å². The quantitative estimate of drug-likeness (QED) is 0.770.